The van der Waals surface area contributed by atoms with Gasteiger partial charge in [0.15, 0.2) is 0 Å². The lowest BCUT2D eigenvalue weighted by Crippen LogP contribution is -2.30. The minimum absolute atomic E-state index is 0.280. The van der Waals surface area contributed by atoms with Gasteiger partial charge in [-0.2, -0.15) is 0 Å². The van der Waals surface area contributed by atoms with Gasteiger partial charge in [-0.25, -0.2) is 4.90 Å². The summed E-state index contributed by atoms with van der Waals surface area (Å²) in [6, 6.07) is 43.3. The number of aryl methyl sites for hydroxylation is 1. The molecule has 0 unspecified atom stereocenters. The molecular weight excluding hydrogens is 633 g/mol. The summed E-state index contributed by atoms with van der Waals surface area (Å²) < 4.78 is 0. The quantitative estimate of drug-likeness (QED) is 0.143. The highest BCUT2D eigenvalue weighted by molar-refractivity contribution is 6.34. The van der Waals surface area contributed by atoms with Crippen LogP contribution in [0, 0.1) is 18.8 Å². The molecule has 2 heterocycles. The van der Waals surface area contributed by atoms with E-state index in [9.17, 15) is 19.2 Å². The van der Waals surface area contributed by atoms with Gasteiger partial charge in [0.05, 0.1) is 33.4 Å². The first-order chi connectivity index (χ1) is 24.8. The fourth-order valence-corrected chi connectivity index (χ4v) is 7.82. The predicted molar refractivity (Wildman–Crippen MR) is 195 cm³/mol. The summed E-state index contributed by atoms with van der Waals surface area (Å²) in [4.78, 5) is 54.5. The topological polar surface area (TPSA) is 74.8 Å². The largest absolute Gasteiger partial charge is 0.277 e. The summed E-state index contributed by atoms with van der Waals surface area (Å²) in [5.41, 5.74) is 10.4. The van der Waals surface area contributed by atoms with Crippen LogP contribution in [-0.2, 0) is 5.41 Å². The molecule has 51 heavy (non-hydrogen) atoms. The van der Waals surface area contributed by atoms with Gasteiger partial charge in [0, 0.05) is 18.2 Å². The van der Waals surface area contributed by atoms with Crippen molar-refractivity contribution in [1.82, 2.24) is 4.90 Å². The van der Waals surface area contributed by atoms with Gasteiger partial charge in [-0.3, -0.25) is 24.1 Å². The summed E-state index contributed by atoms with van der Waals surface area (Å²) >= 11 is 0. The maximum absolute atomic E-state index is 13.8. The lowest BCUT2D eigenvalue weighted by Gasteiger charge is -2.34. The van der Waals surface area contributed by atoms with E-state index in [0.29, 0.717) is 33.5 Å². The molecule has 0 spiro atoms. The molecule has 3 aliphatic rings. The standard InChI is InChI=1S/C45H28N2O4/c1-27-11-17-30(18-12-27)45(39-9-5-3-7-33(39)34-8-4-6-10-40(34)45)31-19-21-32(22-20-31)47-43(50)36-24-16-29(26-38(36)44(47)51)14-13-28-15-23-35-37(25-28)42(49)46(2)41(35)48/h3-12,15-26H,1-2H3. The zero-order valence-electron chi connectivity index (χ0n) is 27.7. The Morgan fingerprint density at radius 1 is 0.471 bits per heavy atom. The number of rotatable bonds is 3. The highest BCUT2D eigenvalue weighted by Gasteiger charge is 2.46. The van der Waals surface area contributed by atoms with Crippen LogP contribution < -0.4 is 4.90 Å². The molecule has 4 amide bonds. The van der Waals surface area contributed by atoms with Gasteiger partial charge in [0.2, 0.25) is 0 Å². The number of nitrogens with zero attached hydrogens (tertiary/aromatic N) is 2. The van der Waals surface area contributed by atoms with E-state index in [-0.39, 0.29) is 17.4 Å². The first-order valence-electron chi connectivity index (χ1n) is 16.7. The molecule has 6 nitrogen and oxygen atoms in total. The van der Waals surface area contributed by atoms with Crippen molar-refractivity contribution in [3.8, 4) is 23.0 Å². The van der Waals surface area contributed by atoms with Crippen molar-refractivity contribution in [3.05, 3.63) is 195 Å². The Morgan fingerprint density at radius 2 is 0.922 bits per heavy atom. The first-order valence-corrected chi connectivity index (χ1v) is 16.7. The monoisotopic (exact) mass is 660 g/mol. The molecule has 242 valence electrons. The molecule has 2 aliphatic heterocycles. The van der Waals surface area contributed by atoms with Gasteiger partial charge in [-0.05, 0) is 88.8 Å². The van der Waals surface area contributed by atoms with Crippen LogP contribution in [0.5, 0.6) is 0 Å². The van der Waals surface area contributed by atoms with E-state index in [0.717, 1.165) is 16.0 Å². The van der Waals surface area contributed by atoms with Gasteiger partial charge in [0.1, 0.15) is 0 Å². The molecular formula is C45H28N2O4. The van der Waals surface area contributed by atoms with Crippen molar-refractivity contribution in [2.75, 3.05) is 11.9 Å². The number of hydrogen-bond donors (Lipinski definition) is 0. The Bertz CT molecular complexity index is 2540. The second-order valence-electron chi connectivity index (χ2n) is 13.1. The average Bonchev–Trinajstić information content (AvgIpc) is 3.69. The van der Waals surface area contributed by atoms with Gasteiger partial charge in [0.25, 0.3) is 23.6 Å². The Labute approximate surface area is 294 Å². The molecule has 1 aliphatic carbocycles. The average molecular weight is 661 g/mol. The van der Waals surface area contributed by atoms with Crippen molar-refractivity contribution >= 4 is 29.3 Å². The van der Waals surface area contributed by atoms with Crippen LogP contribution in [0.4, 0.5) is 5.69 Å². The highest BCUT2D eigenvalue weighted by Crippen LogP contribution is 2.56. The smallest absolute Gasteiger partial charge is 0.266 e. The van der Waals surface area contributed by atoms with E-state index in [4.69, 9.17) is 0 Å². The maximum atomic E-state index is 13.8. The molecule has 0 fully saturated rings. The van der Waals surface area contributed by atoms with Crippen LogP contribution in [0.15, 0.2) is 133 Å². The number of anilines is 1. The Kier molecular flexibility index (Phi) is 6.58. The number of hydrogen-bond acceptors (Lipinski definition) is 4. The van der Waals surface area contributed by atoms with Crippen molar-refractivity contribution in [3.63, 3.8) is 0 Å². The van der Waals surface area contributed by atoms with Gasteiger partial charge < -0.3 is 0 Å². The van der Waals surface area contributed by atoms with Crippen molar-refractivity contribution in [2.45, 2.75) is 12.3 Å². The third kappa shape index (κ3) is 4.32. The van der Waals surface area contributed by atoms with E-state index in [1.54, 1.807) is 36.4 Å². The number of fused-ring (bicyclic) bond motifs is 5. The third-order valence-corrected chi connectivity index (χ3v) is 10.3. The molecule has 0 radical (unpaired) electrons. The lowest BCUT2D eigenvalue weighted by atomic mass is 9.67. The van der Waals surface area contributed by atoms with Gasteiger partial charge in [-0.15, -0.1) is 0 Å². The molecule has 0 N–H and O–H groups in total. The summed E-state index contributed by atoms with van der Waals surface area (Å²) in [5, 5.41) is 0. The number of imide groups is 2. The molecule has 0 bridgehead atoms. The Morgan fingerprint density at radius 3 is 1.49 bits per heavy atom. The van der Waals surface area contributed by atoms with Crippen molar-refractivity contribution in [2.24, 2.45) is 0 Å². The summed E-state index contributed by atoms with van der Waals surface area (Å²) in [6.45, 7) is 2.08. The van der Waals surface area contributed by atoms with Crippen molar-refractivity contribution < 1.29 is 19.2 Å². The van der Waals surface area contributed by atoms with Crippen LogP contribution in [0.3, 0.4) is 0 Å². The van der Waals surface area contributed by atoms with Crippen molar-refractivity contribution in [1.29, 1.82) is 0 Å². The molecule has 6 aromatic carbocycles. The molecule has 0 aromatic heterocycles. The zero-order chi connectivity index (χ0) is 35.0. The molecule has 0 saturated heterocycles. The van der Waals surface area contributed by atoms with Gasteiger partial charge >= 0.3 is 0 Å². The number of benzene rings is 6. The molecule has 6 heteroatoms. The molecule has 0 atom stereocenters. The normalized spacial score (nSPS) is 14.9. The Hall–Kier alpha value is -6.84. The van der Waals surface area contributed by atoms with E-state index in [1.807, 2.05) is 24.3 Å². The van der Waals surface area contributed by atoms with E-state index in [2.05, 4.69) is 91.6 Å². The van der Waals surface area contributed by atoms with Crippen LogP contribution in [0.2, 0.25) is 0 Å². The molecule has 9 rings (SSSR count). The highest BCUT2D eigenvalue weighted by atomic mass is 16.2. The minimum atomic E-state index is -0.591. The summed E-state index contributed by atoms with van der Waals surface area (Å²) in [6.07, 6.45) is 0. The first kappa shape index (κ1) is 30.2. The summed E-state index contributed by atoms with van der Waals surface area (Å²) in [5.74, 6) is 4.56. The Balaban J connectivity index is 1.06. The predicted octanol–water partition coefficient (Wildman–Crippen LogP) is 7.78. The van der Waals surface area contributed by atoms with Crippen LogP contribution >= 0.6 is 0 Å². The molecule has 0 saturated carbocycles. The zero-order valence-corrected chi connectivity index (χ0v) is 27.7. The fourth-order valence-electron chi connectivity index (χ4n) is 7.82. The number of carbonyl (C=O) groups is 4. The lowest BCUT2D eigenvalue weighted by molar-refractivity contribution is 0.0692. The van der Waals surface area contributed by atoms with Crippen LogP contribution in [-0.4, -0.2) is 35.6 Å². The second-order valence-corrected chi connectivity index (χ2v) is 13.1. The van der Waals surface area contributed by atoms with Crippen LogP contribution in [0.25, 0.3) is 11.1 Å². The van der Waals surface area contributed by atoms with E-state index in [1.165, 1.54) is 39.8 Å². The summed E-state index contributed by atoms with van der Waals surface area (Å²) in [7, 11) is 1.45. The SMILES string of the molecule is Cc1ccc(C2(c3ccc(N4C(=O)c5ccc(C#Cc6ccc7c(c6)C(=O)N(C)C7=O)cc5C4=O)cc3)c3ccccc3-c3ccccc32)cc1. The van der Waals surface area contributed by atoms with Gasteiger partial charge in [-0.1, -0.05) is 102 Å². The maximum Gasteiger partial charge on any atom is 0.266 e. The van der Waals surface area contributed by atoms with E-state index < -0.39 is 17.2 Å². The number of carbonyl (C=O) groups excluding carboxylic acids is 4. The molecule has 6 aromatic rings. The van der Waals surface area contributed by atoms with E-state index >= 15 is 0 Å². The fraction of sp³-hybridized carbons (Fsp3) is 0.0667. The van der Waals surface area contributed by atoms with Crippen LogP contribution in [0.1, 0.15) is 80.4 Å². The third-order valence-electron chi connectivity index (χ3n) is 10.3. The minimum Gasteiger partial charge on any atom is -0.277 e. The number of amides is 4. The second kappa shape index (κ2) is 11.1.